The number of carbonyl (C=O) groups is 1. The van der Waals surface area contributed by atoms with Gasteiger partial charge in [-0.3, -0.25) is 0 Å². The molecule has 1 rings (SSSR count). The van der Waals surface area contributed by atoms with Gasteiger partial charge in [0, 0.05) is 0 Å². The van der Waals surface area contributed by atoms with Crippen molar-refractivity contribution >= 4 is 11.8 Å². The highest BCUT2D eigenvalue weighted by molar-refractivity contribution is 5.75. The number of H-pyrrole nitrogens is 1. The van der Waals surface area contributed by atoms with Gasteiger partial charge in [-0.05, 0) is 4.92 Å². The van der Waals surface area contributed by atoms with E-state index in [1.54, 1.807) is 0 Å². The van der Waals surface area contributed by atoms with Crippen molar-refractivity contribution < 1.29 is 23.6 Å². The predicted octanol–water partition coefficient (Wildman–Crippen LogP) is 0.580. The first-order valence-corrected chi connectivity index (χ1v) is 3.63. The van der Waals surface area contributed by atoms with E-state index in [2.05, 4.69) is 5.10 Å². The summed E-state index contributed by atoms with van der Waals surface area (Å²) in [5.41, 5.74) is -0.380. The molecule has 0 saturated heterocycles. The van der Waals surface area contributed by atoms with Crippen LogP contribution in [0.3, 0.4) is 0 Å². The van der Waals surface area contributed by atoms with Crippen molar-refractivity contribution in [3.63, 3.8) is 0 Å². The lowest BCUT2D eigenvalue weighted by Crippen LogP contribution is -2.30. The third kappa shape index (κ3) is 2.45. The molecule has 7 nitrogen and oxygen atoms in total. The van der Waals surface area contributed by atoms with E-state index in [4.69, 9.17) is 5.11 Å². The van der Waals surface area contributed by atoms with E-state index >= 15 is 0 Å². The molecule has 1 aromatic rings. The number of hydrogen-bond acceptors (Lipinski definition) is 4. The van der Waals surface area contributed by atoms with Crippen LogP contribution in [-0.2, 0) is 11.2 Å². The number of aromatic amines is 1. The van der Waals surface area contributed by atoms with Crippen LogP contribution < -0.4 is 0 Å². The molecule has 82 valence electrons. The molecule has 0 aromatic carbocycles. The van der Waals surface area contributed by atoms with Gasteiger partial charge in [-0.1, -0.05) is 5.10 Å². The standard InChI is InChI=1S/C6H5F2N3O4/c7-6(8,5(12)13)2-3-1-4(10-9-3)11(14)15/h1H,2H2,(H,9,10)(H,12,13). The van der Waals surface area contributed by atoms with Crippen LogP contribution in [0.2, 0.25) is 0 Å². The first-order chi connectivity index (χ1) is 6.83. The van der Waals surface area contributed by atoms with Gasteiger partial charge in [-0.15, -0.1) is 5.10 Å². The number of carboxylic acid groups (broad SMARTS) is 1. The highest BCUT2D eigenvalue weighted by Crippen LogP contribution is 2.20. The van der Waals surface area contributed by atoms with E-state index < -0.39 is 29.1 Å². The van der Waals surface area contributed by atoms with Crippen LogP contribution in [-0.4, -0.2) is 32.1 Å². The molecule has 0 saturated carbocycles. The number of aliphatic carboxylic acids is 1. The van der Waals surface area contributed by atoms with Gasteiger partial charge in [0.2, 0.25) is 0 Å². The van der Waals surface area contributed by atoms with Crippen LogP contribution in [0, 0.1) is 10.1 Å². The minimum absolute atomic E-state index is 0.380. The largest absolute Gasteiger partial charge is 0.477 e. The molecule has 1 heterocycles. The molecular weight excluding hydrogens is 216 g/mol. The van der Waals surface area contributed by atoms with E-state index in [9.17, 15) is 23.7 Å². The van der Waals surface area contributed by atoms with Crippen LogP contribution in [0.5, 0.6) is 0 Å². The molecule has 0 aliphatic carbocycles. The molecule has 0 amide bonds. The number of rotatable bonds is 4. The van der Waals surface area contributed by atoms with Gasteiger partial charge in [0.05, 0.1) is 18.2 Å². The van der Waals surface area contributed by atoms with Crippen LogP contribution in [0.1, 0.15) is 5.69 Å². The Morgan fingerprint density at radius 2 is 2.33 bits per heavy atom. The summed E-state index contributed by atoms with van der Waals surface area (Å²) < 4.78 is 25.2. The van der Waals surface area contributed by atoms with Crippen molar-refractivity contribution in [3.05, 3.63) is 21.9 Å². The Morgan fingerprint density at radius 3 is 2.73 bits per heavy atom. The van der Waals surface area contributed by atoms with Gasteiger partial charge in [0.1, 0.15) is 0 Å². The minimum Gasteiger partial charge on any atom is -0.477 e. The minimum atomic E-state index is -3.98. The second kappa shape index (κ2) is 3.59. The third-order valence-electron chi connectivity index (χ3n) is 1.53. The Balaban J connectivity index is 2.82. The molecule has 15 heavy (non-hydrogen) atoms. The number of hydrogen-bond donors (Lipinski definition) is 2. The zero-order chi connectivity index (χ0) is 11.6. The number of nitro groups is 1. The molecule has 0 radical (unpaired) electrons. The van der Waals surface area contributed by atoms with Gasteiger partial charge >= 0.3 is 17.7 Å². The predicted molar refractivity (Wildman–Crippen MR) is 41.5 cm³/mol. The van der Waals surface area contributed by atoms with Crippen molar-refractivity contribution in [1.29, 1.82) is 0 Å². The monoisotopic (exact) mass is 221 g/mol. The van der Waals surface area contributed by atoms with Crippen molar-refractivity contribution in [3.8, 4) is 0 Å². The van der Waals surface area contributed by atoms with Gasteiger partial charge < -0.3 is 15.2 Å². The van der Waals surface area contributed by atoms with Crippen molar-refractivity contribution in [1.82, 2.24) is 10.2 Å². The fourth-order valence-electron chi connectivity index (χ4n) is 0.839. The van der Waals surface area contributed by atoms with Crippen LogP contribution >= 0.6 is 0 Å². The summed E-state index contributed by atoms with van der Waals surface area (Å²) >= 11 is 0. The SMILES string of the molecule is O=C(O)C(F)(F)Cc1cc([N+](=O)[O-])[nH]n1. The molecule has 1 aromatic heterocycles. The summed E-state index contributed by atoms with van der Waals surface area (Å²) in [6, 6.07) is 0.761. The van der Waals surface area contributed by atoms with Crippen molar-refractivity contribution in [2.45, 2.75) is 12.3 Å². The summed E-state index contributed by atoms with van der Waals surface area (Å²) in [5, 5.41) is 23.3. The molecule has 9 heteroatoms. The molecule has 0 unspecified atom stereocenters. The lowest BCUT2D eigenvalue weighted by molar-refractivity contribution is -0.389. The fraction of sp³-hybridized carbons (Fsp3) is 0.333. The lowest BCUT2D eigenvalue weighted by atomic mass is 10.2. The molecule has 0 bridgehead atoms. The second-order valence-electron chi connectivity index (χ2n) is 2.69. The van der Waals surface area contributed by atoms with E-state index in [1.165, 1.54) is 0 Å². The topological polar surface area (TPSA) is 109 Å². The maximum Gasteiger partial charge on any atom is 0.374 e. The molecule has 0 spiro atoms. The van der Waals surface area contributed by atoms with Crippen molar-refractivity contribution in [2.75, 3.05) is 0 Å². The highest BCUT2D eigenvalue weighted by Gasteiger charge is 2.40. The van der Waals surface area contributed by atoms with Gasteiger partial charge in [-0.25, -0.2) is 4.79 Å². The fourth-order valence-corrected chi connectivity index (χ4v) is 0.839. The molecule has 2 N–H and O–H groups in total. The first-order valence-electron chi connectivity index (χ1n) is 3.63. The van der Waals surface area contributed by atoms with E-state index in [-0.39, 0.29) is 5.69 Å². The van der Waals surface area contributed by atoms with Gasteiger partial charge in [0.15, 0.2) is 0 Å². The maximum absolute atomic E-state index is 12.6. The lowest BCUT2D eigenvalue weighted by Gasteiger charge is -2.07. The van der Waals surface area contributed by atoms with Crippen LogP contribution in [0.4, 0.5) is 14.6 Å². The summed E-state index contributed by atoms with van der Waals surface area (Å²) in [7, 11) is 0. The highest BCUT2D eigenvalue weighted by atomic mass is 19.3. The number of halogens is 2. The van der Waals surface area contributed by atoms with Crippen molar-refractivity contribution in [2.24, 2.45) is 0 Å². The second-order valence-corrected chi connectivity index (χ2v) is 2.69. The summed E-state index contributed by atoms with van der Waals surface area (Å²) in [6.07, 6.45) is -1.19. The van der Waals surface area contributed by atoms with Gasteiger partial charge in [0.25, 0.3) is 0 Å². The molecule has 0 aliphatic heterocycles. The van der Waals surface area contributed by atoms with Crippen LogP contribution in [0.15, 0.2) is 6.07 Å². The number of nitrogens with zero attached hydrogens (tertiary/aromatic N) is 2. The summed E-state index contributed by atoms with van der Waals surface area (Å²) in [4.78, 5) is 19.3. The Bertz CT molecular complexity index is 403. The average molecular weight is 221 g/mol. The Labute approximate surface area is 80.9 Å². The quantitative estimate of drug-likeness (QED) is 0.570. The summed E-state index contributed by atoms with van der Waals surface area (Å²) in [5.74, 6) is -6.84. The molecule has 0 fully saturated rings. The first kappa shape index (κ1) is 11.0. The number of alkyl halides is 2. The molecule has 0 aliphatic rings. The third-order valence-corrected chi connectivity index (χ3v) is 1.53. The maximum atomic E-state index is 12.6. The number of aromatic nitrogens is 2. The zero-order valence-electron chi connectivity index (χ0n) is 7.11. The molecule has 0 atom stereocenters. The smallest absolute Gasteiger partial charge is 0.374 e. The average Bonchev–Trinajstić information content (AvgIpc) is 2.51. The summed E-state index contributed by atoms with van der Waals surface area (Å²) in [6.45, 7) is 0. The molecular formula is C6H5F2N3O4. The number of nitrogens with one attached hydrogen (secondary N) is 1. The van der Waals surface area contributed by atoms with Gasteiger partial charge in [-0.2, -0.15) is 8.78 Å². The Morgan fingerprint density at radius 1 is 1.73 bits per heavy atom. The number of carboxylic acids is 1. The normalized spacial score (nSPS) is 11.3. The Hall–Kier alpha value is -2.06. The van der Waals surface area contributed by atoms with E-state index in [1.807, 2.05) is 5.10 Å². The Kier molecular flexibility index (Phi) is 2.64. The van der Waals surface area contributed by atoms with Crippen LogP contribution in [0.25, 0.3) is 0 Å². The van der Waals surface area contributed by atoms with E-state index in [0.717, 1.165) is 6.07 Å². The van der Waals surface area contributed by atoms with E-state index in [0.29, 0.717) is 0 Å². The zero-order valence-corrected chi connectivity index (χ0v) is 7.11.